The molecule has 0 spiro atoms. The van der Waals surface area contributed by atoms with Crippen LogP contribution in [-0.4, -0.2) is 59.9 Å². The Labute approximate surface area is 397 Å². The molecule has 11 nitrogen and oxygen atoms in total. The van der Waals surface area contributed by atoms with Crippen LogP contribution in [0.3, 0.4) is 0 Å². The van der Waals surface area contributed by atoms with E-state index in [4.69, 9.17) is 5.73 Å². The molecule has 8 rings (SSSR count). The zero-order chi connectivity index (χ0) is 49.2. The number of benzene rings is 4. The second kappa shape index (κ2) is 20.1. The lowest BCUT2D eigenvalue weighted by Crippen LogP contribution is -2.47. The lowest BCUT2D eigenvalue weighted by molar-refractivity contribution is -0.138. The Morgan fingerprint density at radius 3 is 1.36 bits per heavy atom. The molecule has 4 N–H and O–H groups in total. The largest absolute Gasteiger partial charge is 0.416 e. The quantitative estimate of drug-likeness (QED) is 0.0551. The van der Waals surface area contributed by atoms with Crippen LogP contribution >= 0.6 is 0 Å². The van der Waals surface area contributed by atoms with E-state index in [0.717, 1.165) is 74.8 Å². The number of nitrogens with one attached hydrogen (secondary N) is 2. The molecule has 4 aromatic rings. The standard InChI is InChI=1S/C52H55F6N7O4/c1-3-32(2)33-18-20-34(21-19-33)45-43-41(64(49(68)60-45)39-16-12-14-36(28-39)51(53,54)55)30-62(47(43)66)26-10-8-6-4-5-7-9-11-27-63-31-42-44(48(63)67)46(35-22-24-38(59)25-23-35)61-50(69)65(42)40-17-13-15-37(29-40)52(56,57)58/h12-25,28-29,32,45-46H,3-11,26-27,30-31,59H2,1-2H3,(H,60,68)(H,61,69)/t32-,45-,46-/m1/s1. The molecule has 6 amide bonds. The second-order valence-corrected chi connectivity index (χ2v) is 18.2. The molecule has 17 heteroatoms. The fourth-order valence-electron chi connectivity index (χ4n) is 9.65. The van der Waals surface area contributed by atoms with Crippen LogP contribution in [0, 0.1) is 0 Å². The molecule has 69 heavy (non-hydrogen) atoms. The molecule has 0 bridgehead atoms. The fraction of sp³-hybridized carbons (Fsp3) is 0.385. The van der Waals surface area contributed by atoms with E-state index in [1.807, 2.05) is 24.3 Å². The van der Waals surface area contributed by atoms with Gasteiger partial charge < -0.3 is 26.2 Å². The molecule has 3 atom stereocenters. The number of rotatable bonds is 17. The average molecular weight is 956 g/mol. The van der Waals surface area contributed by atoms with E-state index in [1.165, 1.54) is 34.1 Å². The second-order valence-electron chi connectivity index (χ2n) is 18.2. The van der Waals surface area contributed by atoms with Crippen LogP contribution in [0.15, 0.2) is 120 Å². The van der Waals surface area contributed by atoms with E-state index < -0.39 is 47.6 Å². The highest BCUT2D eigenvalue weighted by Gasteiger charge is 2.47. The number of unbranched alkanes of at least 4 members (excludes halogenated alkanes) is 7. The molecule has 4 aliphatic rings. The molecule has 0 saturated carbocycles. The third-order valence-corrected chi connectivity index (χ3v) is 13.6. The van der Waals surface area contributed by atoms with E-state index in [0.29, 0.717) is 71.2 Å². The summed E-state index contributed by atoms with van der Waals surface area (Å²) in [5.74, 6) is -0.249. The van der Waals surface area contributed by atoms with Crippen molar-refractivity contribution >= 4 is 40.9 Å². The lowest BCUT2D eigenvalue weighted by atomic mass is 9.92. The van der Waals surface area contributed by atoms with Crippen LogP contribution in [0.2, 0.25) is 0 Å². The summed E-state index contributed by atoms with van der Waals surface area (Å²) in [4.78, 5) is 61.2. The Hall–Kier alpha value is -6.78. The Morgan fingerprint density at radius 2 is 0.971 bits per heavy atom. The number of halogens is 6. The smallest absolute Gasteiger partial charge is 0.399 e. The van der Waals surface area contributed by atoms with E-state index in [2.05, 4.69) is 24.5 Å². The van der Waals surface area contributed by atoms with Crippen molar-refractivity contribution in [1.29, 1.82) is 0 Å². The monoisotopic (exact) mass is 955 g/mol. The molecule has 0 fully saturated rings. The number of amides is 6. The van der Waals surface area contributed by atoms with E-state index in [-0.39, 0.29) is 36.3 Å². The van der Waals surface area contributed by atoms with Gasteiger partial charge in [-0.05, 0) is 90.4 Å². The van der Waals surface area contributed by atoms with Crippen molar-refractivity contribution < 1.29 is 45.5 Å². The highest BCUT2D eigenvalue weighted by molar-refractivity contribution is 6.08. The average Bonchev–Trinajstić information content (AvgIpc) is 3.83. The number of hydrogen-bond donors (Lipinski definition) is 3. The first-order chi connectivity index (χ1) is 32.9. The molecule has 0 saturated heterocycles. The summed E-state index contributed by atoms with van der Waals surface area (Å²) >= 11 is 0. The maximum Gasteiger partial charge on any atom is 0.416 e. The Morgan fingerprint density at radius 1 is 0.580 bits per heavy atom. The van der Waals surface area contributed by atoms with Gasteiger partial charge in [0.1, 0.15) is 0 Å². The molecule has 0 unspecified atom stereocenters. The van der Waals surface area contributed by atoms with Crippen LogP contribution in [-0.2, 0) is 21.9 Å². The van der Waals surface area contributed by atoms with Crippen LogP contribution in [0.4, 0.5) is 53.0 Å². The van der Waals surface area contributed by atoms with Crippen molar-refractivity contribution in [3.8, 4) is 0 Å². The Kier molecular flexibility index (Phi) is 14.1. The van der Waals surface area contributed by atoms with Gasteiger partial charge in [0.15, 0.2) is 0 Å². The normalized spacial score (nSPS) is 19.1. The minimum absolute atomic E-state index is 0.00434. The van der Waals surface area contributed by atoms with E-state index >= 15 is 0 Å². The Bertz CT molecular complexity index is 2650. The van der Waals surface area contributed by atoms with Gasteiger partial charge >= 0.3 is 24.4 Å². The SMILES string of the molecule is CC[C@@H](C)c1ccc([C@H]2NC(=O)N(c3cccc(C(F)(F)F)c3)C3=C2C(=O)N(CCCCCCCCCCN2CC4=C(C2=O)[C@@H](c2ccc(N)cc2)NC(=O)N4c2cccc(C(F)(F)F)c2)C3)cc1. The highest BCUT2D eigenvalue weighted by Crippen LogP contribution is 2.43. The molecule has 0 radical (unpaired) electrons. The minimum Gasteiger partial charge on any atom is -0.399 e. The van der Waals surface area contributed by atoms with Gasteiger partial charge in [-0.3, -0.25) is 19.4 Å². The Balaban J connectivity index is 0.840. The number of alkyl halides is 6. The van der Waals surface area contributed by atoms with Gasteiger partial charge in [0.05, 0.1) is 70.2 Å². The summed E-state index contributed by atoms with van der Waals surface area (Å²) < 4.78 is 82.4. The summed E-state index contributed by atoms with van der Waals surface area (Å²) in [6.45, 7) is 5.14. The van der Waals surface area contributed by atoms with Gasteiger partial charge in [0, 0.05) is 18.8 Å². The van der Waals surface area contributed by atoms with E-state index in [1.54, 1.807) is 34.1 Å². The van der Waals surface area contributed by atoms with Gasteiger partial charge in [0.25, 0.3) is 11.8 Å². The summed E-state index contributed by atoms with van der Waals surface area (Å²) in [5.41, 5.74) is 8.40. The maximum atomic E-state index is 14.2. The number of nitrogens with zero attached hydrogens (tertiary/aromatic N) is 4. The van der Waals surface area contributed by atoms with Gasteiger partial charge in [-0.25, -0.2) is 9.59 Å². The topological polar surface area (TPSA) is 131 Å². The first kappa shape index (κ1) is 48.7. The molecular formula is C52H55F6N7O4. The van der Waals surface area contributed by atoms with Crippen LogP contribution in [0.1, 0.15) is 117 Å². The lowest BCUT2D eigenvalue weighted by Gasteiger charge is -2.34. The number of carbonyl (C=O) groups is 4. The summed E-state index contributed by atoms with van der Waals surface area (Å²) in [6, 6.07) is 20.7. The van der Waals surface area contributed by atoms with Crippen molar-refractivity contribution in [1.82, 2.24) is 20.4 Å². The zero-order valence-corrected chi connectivity index (χ0v) is 38.4. The third-order valence-electron chi connectivity index (χ3n) is 13.6. The van der Waals surface area contributed by atoms with Gasteiger partial charge in [-0.2, -0.15) is 26.3 Å². The number of anilines is 3. The number of nitrogens with two attached hydrogens (primary N) is 1. The number of urea groups is 2. The fourth-order valence-corrected chi connectivity index (χ4v) is 9.65. The summed E-state index contributed by atoms with van der Waals surface area (Å²) in [5, 5.41) is 5.75. The number of hydrogen-bond acceptors (Lipinski definition) is 5. The molecule has 364 valence electrons. The predicted molar refractivity (Wildman–Crippen MR) is 251 cm³/mol. The maximum absolute atomic E-state index is 14.2. The van der Waals surface area contributed by atoms with Crippen molar-refractivity contribution in [3.05, 3.63) is 147 Å². The molecule has 4 aliphatic heterocycles. The first-order valence-electron chi connectivity index (χ1n) is 23.5. The summed E-state index contributed by atoms with van der Waals surface area (Å²) in [6.07, 6.45) is -1.65. The van der Waals surface area contributed by atoms with Gasteiger partial charge in [0.2, 0.25) is 0 Å². The third kappa shape index (κ3) is 10.3. The van der Waals surface area contributed by atoms with Crippen LogP contribution < -0.4 is 26.2 Å². The summed E-state index contributed by atoms with van der Waals surface area (Å²) in [7, 11) is 0. The predicted octanol–water partition coefficient (Wildman–Crippen LogP) is 11.4. The van der Waals surface area contributed by atoms with Crippen LogP contribution in [0.25, 0.3) is 0 Å². The van der Waals surface area contributed by atoms with Crippen molar-refractivity contribution in [2.24, 2.45) is 0 Å². The van der Waals surface area contributed by atoms with Crippen LogP contribution in [0.5, 0.6) is 0 Å². The molecule has 0 aromatic heterocycles. The van der Waals surface area contributed by atoms with Crippen molar-refractivity contribution in [2.45, 2.75) is 102 Å². The van der Waals surface area contributed by atoms with Crippen molar-refractivity contribution in [2.75, 3.05) is 41.7 Å². The number of carbonyl (C=O) groups excluding carboxylic acids is 4. The zero-order valence-electron chi connectivity index (χ0n) is 38.4. The molecule has 4 heterocycles. The van der Waals surface area contributed by atoms with Gasteiger partial charge in [-0.15, -0.1) is 0 Å². The molecular weight excluding hydrogens is 901 g/mol. The molecule has 4 aromatic carbocycles. The van der Waals surface area contributed by atoms with E-state index in [9.17, 15) is 45.5 Å². The minimum atomic E-state index is -4.63. The first-order valence-corrected chi connectivity index (χ1v) is 23.5. The highest BCUT2D eigenvalue weighted by atomic mass is 19.4. The van der Waals surface area contributed by atoms with Gasteiger partial charge in [-0.1, -0.05) is 101 Å². The number of nitrogen functional groups attached to an aromatic ring is 1. The van der Waals surface area contributed by atoms with Crippen molar-refractivity contribution in [3.63, 3.8) is 0 Å². The molecule has 0 aliphatic carbocycles.